The molecule has 0 spiro atoms. The number of H-pyrrole nitrogens is 1. The van der Waals surface area contributed by atoms with Crippen LogP contribution in [0.2, 0.25) is 0 Å². The first-order chi connectivity index (χ1) is 13.5. The van der Waals surface area contributed by atoms with Crippen molar-refractivity contribution in [3.8, 4) is 0 Å². The Hall–Kier alpha value is -2.41. The van der Waals surface area contributed by atoms with Crippen LogP contribution < -0.4 is 5.32 Å². The third kappa shape index (κ3) is 3.76. The molecule has 1 saturated carbocycles. The van der Waals surface area contributed by atoms with Crippen molar-refractivity contribution in [2.75, 3.05) is 20.1 Å². The van der Waals surface area contributed by atoms with Gasteiger partial charge in [0, 0.05) is 26.2 Å². The van der Waals surface area contributed by atoms with Gasteiger partial charge in [-0.25, -0.2) is 4.98 Å². The van der Waals surface area contributed by atoms with Crippen molar-refractivity contribution in [1.29, 1.82) is 0 Å². The maximum Gasteiger partial charge on any atom is 0.237 e. The second-order valence-corrected chi connectivity index (χ2v) is 8.09. The van der Waals surface area contributed by atoms with Crippen molar-refractivity contribution >= 4 is 22.8 Å². The number of benzene rings is 1. The third-order valence-corrected chi connectivity index (χ3v) is 6.11. The molecule has 2 aromatic rings. The van der Waals surface area contributed by atoms with Gasteiger partial charge in [-0.2, -0.15) is 0 Å². The molecule has 2 N–H and O–H groups in total. The van der Waals surface area contributed by atoms with Gasteiger partial charge in [0.2, 0.25) is 11.8 Å². The molecule has 1 aliphatic heterocycles. The van der Waals surface area contributed by atoms with E-state index in [2.05, 4.69) is 20.2 Å². The molecular formula is C21H29N5O2. The van der Waals surface area contributed by atoms with E-state index >= 15 is 0 Å². The van der Waals surface area contributed by atoms with Gasteiger partial charge in [-0.3, -0.25) is 14.5 Å². The lowest BCUT2D eigenvalue weighted by atomic mass is 10.0. The minimum Gasteiger partial charge on any atom is -0.353 e. The molecular weight excluding hydrogens is 354 g/mol. The normalized spacial score (nSPS) is 21.2. The number of nitrogens with one attached hydrogen (secondary N) is 2. The van der Waals surface area contributed by atoms with Crippen molar-refractivity contribution in [2.24, 2.45) is 0 Å². The minimum absolute atomic E-state index is 0.0146. The number of carbonyl (C=O) groups excluding carboxylic acids is 2. The topological polar surface area (TPSA) is 81.3 Å². The van der Waals surface area contributed by atoms with Gasteiger partial charge in [0.1, 0.15) is 5.82 Å². The summed E-state index contributed by atoms with van der Waals surface area (Å²) in [6.45, 7) is 3.95. The van der Waals surface area contributed by atoms with E-state index in [1.54, 1.807) is 11.9 Å². The van der Waals surface area contributed by atoms with Gasteiger partial charge in [0.25, 0.3) is 0 Å². The van der Waals surface area contributed by atoms with Gasteiger partial charge in [0.15, 0.2) is 0 Å². The lowest BCUT2D eigenvalue weighted by molar-refractivity contribution is -0.139. The average molecular weight is 383 g/mol. The van der Waals surface area contributed by atoms with E-state index < -0.39 is 0 Å². The summed E-state index contributed by atoms with van der Waals surface area (Å²) in [6, 6.07) is 6.10. The highest BCUT2D eigenvalue weighted by atomic mass is 16.2. The molecule has 1 aromatic heterocycles. The Kier molecular flexibility index (Phi) is 5.35. The van der Waals surface area contributed by atoms with Crippen LogP contribution in [-0.4, -0.2) is 63.8 Å². The predicted octanol–water partition coefficient (Wildman–Crippen LogP) is 1.96. The van der Waals surface area contributed by atoms with Gasteiger partial charge in [-0.15, -0.1) is 0 Å². The third-order valence-electron chi connectivity index (χ3n) is 6.11. The summed E-state index contributed by atoms with van der Waals surface area (Å²) in [6.07, 6.45) is 4.92. The number of piperazine rings is 1. The van der Waals surface area contributed by atoms with E-state index in [4.69, 9.17) is 0 Å². The number of imidazole rings is 1. The largest absolute Gasteiger partial charge is 0.353 e. The van der Waals surface area contributed by atoms with Crippen LogP contribution in [0.5, 0.6) is 0 Å². The highest BCUT2D eigenvalue weighted by Crippen LogP contribution is 2.27. The van der Waals surface area contributed by atoms with Crippen LogP contribution in [0.25, 0.3) is 11.0 Å². The van der Waals surface area contributed by atoms with Gasteiger partial charge < -0.3 is 15.2 Å². The maximum atomic E-state index is 12.9. The number of fused-ring (bicyclic) bond motifs is 1. The number of nitrogens with zero attached hydrogens (tertiary/aromatic N) is 3. The molecule has 28 heavy (non-hydrogen) atoms. The predicted molar refractivity (Wildman–Crippen MR) is 108 cm³/mol. The Bertz CT molecular complexity index is 871. The van der Waals surface area contributed by atoms with Crippen molar-refractivity contribution in [3.63, 3.8) is 0 Å². The highest BCUT2D eigenvalue weighted by Gasteiger charge is 2.37. The summed E-state index contributed by atoms with van der Waals surface area (Å²) in [4.78, 5) is 37.2. The molecule has 0 bridgehead atoms. The summed E-state index contributed by atoms with van der Waals surface area (Å²) in [5, 5.41) is 2.93. The second kappa shape index (κ2) is 7.91. The van der Waals surface area contributed by atoms with Crippen LogP contribution in [-0.2, 0) is 16.1 Å². The molecule has 4 rings (SSSR count). The number of amides is 2. The molecule has 1 atom stereocenters. The van der Waals surface area contributed by atoms with E-state index in [1.165, 1.54) is 12.8 Å². The van der Waals surface area contributed by atoms with E-state index in [-0.39, 0.29) is 24.3 Å². The Balaban J connectivity index is 1.43. The minimum atomic E-state index is -0.357. The van der Waals surface area contributed by atoms with Crippen molar-refractivity contribution < 1.29 is 9.59 Å². The van der Waals surface area contributed by atoms with Crippen LogP contribution in [0.1, 0.15) is 43.5 Å². The van der Waals surface area contributed by atoms with Crippen LogP contribution in [0, 0.1) is 6.92 Å². The molecule has 0 radical (unpaired) electrons. The van der Waals surface area contributed by atoms with E-state index in [9.17, 15) is 9.59 Å². The Morgan fingerprint density at radius 2 is 2.11 bits per heavy atom. The number of aromatic nitrogens is 2. The summed E-state index contributed by atoms with van der Waals surface area (Å²) in [7, 11) is 1.78. The van der Waals surface area contributed by atoms with Gasteiger partial charge in [-0.05, 0) is 31.4 Å². The molecule has 2 heterocycles. The van der Waals surface area contributed by atoms with Crippen LogP contribution in [0.15, 0.2) is 18.2 Å². The second-order valence-electron chi connectivity index (χ2n) is 8.09. The van der Waals surface area contributed by atoms with Crippen LogP contribution in [0.3, 0.4) is 0 Å². The van der Waals surface area contributed by atoms with E-state index in [1.807, 2.05) is 25.1 Å². The summed E-state index contributed by atoms with van der Waals surface area (Å²) >= 11 is 0. The molecule has 7 heteroatoms. The number of hydrogen-bond acceptors (Lipinski definition) is 4. The molecule has 2 amide bonds. The lowest BCUT2D eigenvalue weighted by Gasteiger charge is -2.39. The highest BCUT2D eigenvalue weighted by molar-refractivity contribution is 5.89. The Morgan fingerprint density at radius 3 is 2.86 bits per heavy atom. The zero-order chi connectivity index (χ0) is 19.7. The first-order valence-electron chi connectivity index (χ1n) is 10.2. The summed E-state index contributed by atoms with van der Waals surface area (Å²) in [5.41, 5.74) is 3.03. The van der Waals surface area contributed by atoms with Crippen molar-refractivity contribution in [2.45, 2.75) is 57.7 Å². The average Bonchev–Trinajstić information content (AvgIpc) is 3.33. The van der Waals surface area contributed by atoms with Crippen molar-refractivity contribution in [3.05, 3.63) is 29.6 Å². The molecule has 1 aromatic carbocycles. The number of aromatic amines is 1. The number of rotatable bonds is 5. The van der Waals surface area contributed by atoms with Crippen LogP contribution >= 0.6 is 0 Å². The zero-order valence-electron chi connectivity index (χ0n) is 16.7. The fourth-order valence-electron chi connectivity index (χ4n) is 4.55. The summed E-state index contributed by atoms with van der Waals surface area (Å²) in [5.74, 6) is 0.724. The number of para-hydroxylation sites is 1. The van der Waals surface area contributed by atoms with Gasteiger partial charge >= 0.3 is 0 Å². The smallest absolute Gasteiger partial charge is 0.237 e. The summed E-state index contributed by atoms with van der Waals surface area (Å²) < 4.78 is 0. The molecule has 2 aliphatic rings. The molecule has 7 nitrogen and oxygen atoms in total. The van der Waals surface area contributed by atoms with Crippen LogP contribution in [0.4, 0.5) is 0 Å². The molecule has 2 fully saturated rings. The molecule has 0 unspecified atom stereocenters. The van der Waals surface area contributed by atoms with Gasteiger partial charge in [0.05, 0.1) is 30.0 Å². The molecule has 1 aliphatic carbocycles. The fraction of sp³-hybridized carbons (Fsp3) is 0.571. The fourth-order valence-corrected chi connectivity index (χ4v) is 4.55. The van der Waals surface area contributed by atoms with E-state index in [0.717, 1.165) is 41.8 Å². The van der Waals surface area contributed by atoms with E-state index in [0.29, 0.717) is 19.1 Å². The monoisotopic (exact) mass is 383 g/mol. The first-order valence-corrected chi connectivity index (χ1v) is 10.2. The molecule has 150 valence electrons. The molecule has 1 saturated heterocycles. The Labute approximate surface area is 165 Å². The van der Waals surface area contributed by atoms with Gasteiger partial charge in [-0.1, -0.05) is 25.0 Å². The number of aryl methyl sites for hydroxylation is 1. The first kappa shape index (κ1) is 18.9. The number of carbonyl (C=O) groups is 2. The number of hydrogen-bond donors (Lipinski definition) is 2. The zero-order valence-corrected chi connectivity index (χ0v) is 16.7. The quantitative estimate of drug-likeness (QED) is 0.827. The standard InChI is InChI=1S/C21H29N5O2/c1-14-6-5-9-16-20(14)24-18(23-16)13-25(2)19(27)12-17-21(28)22-10-11-26(17)15-7-3-4-8-15/h5-6,9,15,17H,3-4,7-8,10-13H2,1-2H3,(H,22,28)(H,23,24)/t17-/m0/s1. The van der Waals surface area contributed by atoms with Crippen molar-refractivity contribution in [1.82, 2.24) is 25.1 Å². The Morgan fingerprint density at radius 1 is 1.32 bits per heavy atom. The maximum absolute atomic E-state index is 12.9. The SMILES string of the molecule is Cc1cccc2[nH]c(CN(C)C(=O)C[C@H]3C(=O)NCCN3C3CCCC3)nc12. The lowest BCUT2D eigenvalue weighted by Crippen LogP contribution is -2.59.